The van der Waals surface area contributed by atoms with E-state index in [4.69, 9.17) is 18.9 Å². The van der Waals surface area contributed by atoms with Gasteiger partial charge in [0.25, 0.3) is 0 Å². The van der Waals surface area contributed by atoms with E-state index in [9.17, 15) is 0 Å². The standard InChI is InChI=1S/C22H24N6O4/c1-2-5-16(6-3-1)12-28(19-14-30-15-32-19)22-25-21(26-27-22)18-7-4-8-23-20(18)24-11-17-13-29-9-10-31-17/h1-8,14,17H,9-13,15H2,(H,23,24)(H,25,26,27). The average Bonchev–Trinajstić information content (AvgIpc) is 3.56. The van der Waals surface area contributed by atoms with E-state index in [1.807, 2.05) is 47.4 Å². The number of hydrogen-bond acceptors (Lipinski definition) is 9. The second kappa shape index (κ2) is 9.67. The molecule has 1 saturated heterocycles. The molecule has 166 valence electrons. The van der Waals surface area contributed by atoms with Crippen molar-refractivity contribution < 1.29 is 18.9 Å². The zero-order valence-electron chi connectivity index (χ0n) is 17.4. The van der Waals surface area contributed by atoms with Crippen molar-refractivity contribution in [3.05, 3.63) is 66.4 Å². The lowest BCUT2D eigenvalue weighted by Crippen LogP contribution is -2.34. The first kappa shape index (κ1) is 20.3. The number of hydrogen-bond donors (Lipinski definition) is 2. The van der Waals surface area contributed by atoms with E-state index in [0.717, 1.165) is 11.1 Å². The van der Waals surface area contributed by atoms with Gasteiger partial charge in [0.2, 0.25) is 18.6 Å². The molecule has 32 heavy (non-hydrogen) atoms. The highest BCUT2D eigenvalue weighted by atomic mass is 16.7. The first-order valence-electron chi connectivity index (χ1n) is 10.4. The monoisotopic (exact) mass is 436 g/mol. The smallest absolute Gasteiger partial charge is 0.235 e. The predicted molar refractivity (Wildman–Crippen MR) is 116 cm³/mol. The summed E-state index contributed by atoms with van der Waals surface area (Å²) in [5, 5.41) is 12.1. The van der Waals surface area contributed by atoms with E-state index >= 15 is 0 Å². The molecule has 1 unspecified atom stereocenters. The number of ether oxygens (including phenoxy) is 4. The number of benzene rings is 1. The Bertz CT molecular complexity index is 1050. The molecule has 0 radical (unpaired) electrons. The van der Waals surface area contributed by atoms with Crippen molar-refractivity contribution >= 4 is 11.8 Å². The zero-order valence-corrected chi connectivity index (χ0v) is 17.4. The van der Waals surface area contributed by atoms with Crippen molar-refractivity contribution in [1.82, 2.24) is 20.2 Å². The zero-order chi connectivity index (χ0) is 21.6. The Morgan fingerprint density at radius 2 is 2.03 bits per heavy atom. The maximum Gasteiger partial charge on any atom is 0.235 e. The molecule has 2 N–H and O–H groups in total. The second-order valence-electron chi connectivity index (χ2n) is 7.30. The van der Waals surface area contributed by atoms with Crippen LogP contribution < -0.4 is 10.2 Å². The normalized spacial score (nSPS) is 17.9. The molecule has 2 aliphatic rings. The Hall–Kier alpha value is -3.63. The van der Waals surface area contributed by atoms with Gasteiger partial charge in [-0.25, -0.2) is 4.98 Å². The van der Waals surface area contributed by atoms with Crippen molar-refractivity contribution in [2.24, 2.45) is 0 Å². The number of nitrogens with one attached hydrogen (secondary N) is 2. The Morgan fingerprint density at radius 3 is 2.84 bits per heavy atom. The Labute approximate surface area is 185 Å². The van der Waals surface area contributed by atoms with Gasteiger partial charge in [0.15, 0.2) is 5.82 Å². The van der Waals surface area contributed by atoms with Gasteiger partial charge in [0.05, 0.1) is 38.0 Å². The van der Waals surface area contributed by atoms with Gasteiger partial charge in [-0.1, -0.05) is 30.3 Å². The lowest BCUT2D eigenvalue weighted by molar-refractivity contribution is -0.0819. The number of aromatic nitrogens is 4. The fraction of sp³-hybridized carbons (Fsp3) is 0.318. The van der Waals surface area contributed by atoms with Crippen molar-refractivity contribution in [3.63, 3.8) is 0 Å². The predicted octanol–water partition coefficient (Wildman–Crippen LogP) is 2.50. The maximum absolute atomic E-state index is 5.70. The lowest BCUT2D eigenvalue weighted by Gasteiger charge is -2.23. The topological polar surface area (TPSA) is 107 Å². The molecule has 10 heteroatoms. The van der Waals surface area contributed by atoms with Crippen molar-refractivity contribution in [3.8, 4) is 11.4 Å². The number of anilines is 2. The summed E-state index contributed by atoms with van der Waals surface area (Å²) in [7, 11) is 0. The van der Waals surface area contributed by atoms with Crippen LogP contribution in [0.15, 0.2) is 60.8 Å². The summed E-state index contributed by atoms with van der Waals surface area (Å²) in [5.74, 6) is 2.39. The largest absolute Gasteiger partial charge is 0.459 e. The second-order valence-corrected chi connectivity index (χ2v) is 7.30. The lowest BCUT2D eigenvalue weighted by atomic mass is 10.2. The highest BCUT2D eigenvalue weighted by Crippen LogP contribution is 2.27. The summed E-state index contributed by atoms with van der Waals surface area (Å²) in [6.07, 6.45) is 3.29. The number of nitrogens with zero attached hydrogens (tertiary/aromatic N) is 4. The molecule has 0 saturated carbocycles. The van der Waals surface area contributed by atoms with Gasteiger partial charge in [0.1, 0.15) is 12.1 Å². The van der Waals surface area contributed by atoms with Crippen LogP contribution in [0.25, 0.3) is 11.4 Å². The van der Waals surface area contributed by atoms with Crippen molar-refractivity contribution in [1.29, 1.82) is 0 Å². The molecule has 1 aromatic carbocycles. The van der Waals surface area contributed by atoms with E-state index in [-0.39, 0.29) is 12.9 Å². The van der Waals surface area contributed by atoms with Gasteiger partial charge in [-0.05, 0) is 17.7 Å². The minimum Gasteiger partial charge on any atom is -0.459 e. The van der Waals surface area contributed by atoms with Crippen LogP contribution in [0.3, 0.4) is 0 Å². The van der Waals surface area contributed by atoms with E-state index in [1.54, 1.807) is 12.5 Å². The van der Waals surface area contributed by atoms with Crippen molar-refractivity contribution in [2.45, 2.75) is 12.6 Å². The van der Waals surface area contributed by atoms with Crippen LogP contribution in [0.5, 0.6) is 0 Å². The average molecular weight is 436 g/mol. The van der Waals surface area contributed by atoms with E-state index in [2.05, 4.69) is 25.5 Å². The Balaban J connectivity index is 1.37. The molecule has 0 spiro atoms. The van der Waals surface area contributed by atoms with Gasteiger partial charge in [-0.3, -0.25) is 4.90 Å². The molecule has 2 aromatic heterocycles. The minimum atomic E-state index is -0.0169. The van der Waals surface area contributed by atoms with E-state index < -0.39 is 0 Å². The first-order chi connectivity index (χ1) is 15.9. The van der Waals surface area contributed by atoms with Crippen LogP contribution in [0.1, 0.15) is 5.56 Å². The van der Waals surface area contributed by atoms with Gasteiger partial charge in [0, 0.05) is 12.7 Å². The highest BCUT2D eigenvalue weighted by Gasteiger charge is 2.23. The van der Waals surface area contributed by atoms with Crippen molar-refractivity contribution in [2.75, 3.05) is 43.4 Å². The Kier molecular flexibility index (Phi) is 6.13. The van der Waals surface area contributed by atoms with Crippen LogP contribution in [0.2, 0.25) is 0 Å². The van der Waals surface area contributed by atoms with Crippen LogP contribution in [0.4, 0.5) is 11.8 Å². The summed E-state index contributed by atoms with van der Waals surface area (Å²) in [4.78, 5) is 9.65. The van der Waals surface area contributed by atoms with Gasteiger partial charge in [-0.2, -0.15) is 0 Å². The summed E-state index contributed by atoms with van der Waals surface area (Å²) in [6, 6.07) is 13.9. The highest BCUT2D eigenvalue weighted by molar-refractivity contribution is 5.70. The number of aromatic amines is 1. The van der Waals surface area contributed by atoms with Gasteiger partial charge >= 0.3 is 0 Å². The molecule has 0 aliphatic carbocycles. The fourth-order valence-corrected chi connectivity index (χ4v) is 3.50. The summed E-state index contributed by atoms with van der Waals surface area (Å²) >= 11 is 0. The maximum atomic E-state index is 5.70. The summed E-state index contributed by atoms with van der Waals surface area (Å²) in [6.45, 7) is 3.10. The number of rotatable bonds is 8. The fourth-order valence-electron chi connectivity index (χ4n) is 3.50. The first-order valence-corrected chi connectivity index (χ1v) is 10.4. The molecular formula is C22H24N6O4. The van der Waals surface area contributed by atoms with Crippen LogP contribution in [0, 0.1) is 0 Å². The molecule has 3 aromatic rings. The van der Waals surface area contributed by atoms with Crippen LogP contribution >= 0.6 is 0 Å². The van der Waals surface area contributed by atoms with Crippen LogP contribution in [-0.2, 0) is 25.5 Å². The molecular weight excluding hydrogens is 412 g/mol. The molecule has 1 fully saturated rings. The quantitative estimate of drug-likeness (QED) is 0.551. The van der Waals surface area contributed by atoms with Crippen LogP contribution in [-0.4, -0.2) is 59.4 Å². The molecule has 0 amide bonds. The third-order valence-electron chi connectivity index (χ3n) is 5.08. The molecule has 10 nitrogen and oxygen atoms in total. The SMILES string of the molecule is C1=C(N(Cc2ccccc2)c2nnc(-c3cccnc3NCC3COCCO3)[nH]2)OCO1. The molecule has 5 rings (SSSR count). The summed E-state index contributed by atoms with van der Waals surface area (Å²) < 4.78 is 22.1. The minimum absolute atomic E-state index is 0.0169. The van der Waals surface area contributed by atoms with E-state index in [1.165, 1.54) is 0 Å². The number of H-pyrrole nitrogens is 1. The Morgan fingerprint density at radius 1 is 1.09 bits per heavy atom. The third kappa shape index (κ3) is 4.66. The third-order valence-corrected chi connectivity index (χ3v) is 5.08. The van der Waals surface area contributed by atoms with Gasteiger partial charge in [-0.15, -0.1) is 10.2 Å². The van der Waals surface area contributed by atoms with Gasteiger partial charge < -0.3 is 29.2 Å². The number of pyridine rings is 1. The molecule has 0 bridgehead atoms. The molecule has 4 heterocycles. The molecule has 1 atom stereocenters. The summed E-state index contributed by atoms with van der Waals surface area (Å²) in [5.41, 5.74) is 1.90. The van der Waals surface area contributed by atoms with E-state index in [0.29, 0.717) is 56.4 Å². The molecule has 2 aliphatic heterocycles.